The second-order valence-electron chi connectivity index (χ2n) is 4.00. The Hall–Kier alpha value is -0.0400. The summed E-state index contributed by atoms with van der Waals surface area (Å²) in [6.45, 7) is 0.588. The van der Waals surface area contributed by atoms with E-state index in [2.05, 4.69) is 21.2 Å². The second-order valence-corrected chi connectivity index (χ2v) is 6.93. The number of halogens is 1. The number of rotatable bonds is 4. The Balaban J connectivity index is 1.91. The fourth-order valence-electron chi connectivity index (χ4n) is 1.72. The zero-order valence-electron chi connectivity index (χ0n) is 9.49. The maximum atomic E-state index is 11.9. The van der Waals surface area contributed by atoms with Gasteiger partial charge < -0.3 is 10.1 Å². The summed E-state index contributed by atoms with van der Waals surface area (Å²) in [4.78, 5) is 12.6. The van der Waals surface area contributed by atoms with Gasteiger partial charge in [-0.2, -0.15) is 11.8 Å². The van der Waals surface area contributed by atoms with E-state index in [4.69, 9.17) is 4.74 Å². The fourth-order valence-corrected chi connectivity index (χ4v) is 4.46. The van der Waals surface area contributed by atoms with Crippen molar-refractivity contribution in [3.8, 4) is 0 Å². The average Bonchev–Trinajstić information content (AvgIpc) is 2.95. The van der Waals surface area contributed by atoms with Crippen molar-refractivity contribution < 1.29 is 9.53 Å². The van der Waals surface area contributed by atoms with E-state index in [1.807, 2.05) is 23.2 Å². The van der Waals surface area contributed by atoms with Gasteiger partial charge in [-0.15, -0.1) is 11.3 Å². The number of thiophene rings is 1. The summed E-state index contributed by atoms with van der Waals surface area (Å²) >= 11 is 6.66. The van der Waals surface area contributed by atoms with Gasteiger partial charge in [0, 0.05) is 29.3 Å². The minimum absolute atomic E-state index is 0.0194. The Bertz CT molecular complexity index is 402. The number of thioether (sulfide) groups is 1. The lowest BCUT2D eigenvalue weighted by atomic mass is 10.0. The number of carbonyl (C=O) groups excluding carboxylic acids is 1. The van der Waals surface area contributed by atoms with E-state index in [1.54, 1.807) is 7.11 Å². The molecule has 6 heteroatoms. The zero-order valence-corrected chi connectivity index (χ0v) is 12.7. The van der Waals surface area contributed by atoms with Crippen molar-refractivity contribution >= 4 is 44.9 Å². The summed E-state index contributed by atoms with van der Waals surface area (Å²) in [5.74, 6) is 2.04. The molecule has 1 atom stereocenters. The molecule has 2 heterocycles. The minimum atomic E-state index is -0.172. The molecule has 0 aromatic carbocycles. The SMILES string of the molecule is COC1(CNC(=O)c2cc(Br)cs2)CCSC1. The molecule has 3 nitrogen and oxygen atoms in total. The molecule has 1 fully saturated rings. The standard InChI is InChI=1S/C11H14BrNO2S2/c1-15-11(2-3-16-7-11)6-13-10(14)9-4-8(12)5-17-9/h4-5H,2-3,6-7H2,1H3,(H,13,14). The molecule has 1 amide bonds. The third kappa shape index (κ3) is 3.24. The molecule has 94 valence electrons. The maximum Gasteiger partial charge on any atom is 0.261 e. The van der Waals surface area contributed by atoms with E-state index >= 15 is 0 Å². The van der Waals surface area contributed by atoms with Gasteiger partial charge in [-0.05, 0) is 34.2 Å². The number of methoxy groups -OCH3 is 1. The largest absolute Gasteiger partial charge is 0.376 e. The number of hydrogen-bond donors (Lipinski definition) is 1. The number of nitrogens with one attached hydrogen (secondary N) is 1. The second kappa shape index (κ2) is 5.73. The van der Waals surface area contributed by atoms with Gasteiger partial charge in [0.1, 0.15) is 0 Å². The van der Waals surface area contributed by atoms with E-state index < -0.39 is 0 Å². The molecule has 2 rings (SSSR count). The topological polar surface area (TPSA) is 38.3 Å². The van der Waals surface area contributed by atoms with Crippen LogP contribution in [0.5, 0.6) is 0 Å². The van der Waals surface area contributed by atoms with Crippen molar-refractivity contribution in [2.75, 3.05) is 25.2 Å². The van der Waals surface area contributed by atoms with E-state index in [0.29, 0.717) is 6.54 Å². The first-order chi connectivity index (χ1) is 8.15. The summed E-state index contributed by atoms with van der Waals surface area (Å²) in [7, 11) is 1.72. The highest BCUT2D eigenvalue weighted by atomic mass is 79.9. The van der Waals surface area contributed by atoms with E-state index in [-0.39, 0.29) is 11.5 Å². The molecule has 1 aromatic heterocycles. The van der Waals surface area contributed by atoms with Crippen molar-refractivity contribution in [2.45, 2.75) is 12.0 Å². The van der Waals surface area contributed by atoms with Crippen LogP contribution < -0.4 is 5.32 Å². The van der Waals surface area contributed by atoms with Crippen LogP contribution in [0, 0.1) is 0 Å². The molecule has 1 unspecified atom stereocenters. The molecule has 1 N–H and O–H groups in total. The lowest BCUT2D eigenvalue weighted by molar-refractivity contribution is 0.0137. The molecule has 0 aliphatic carbocycles. The van der Waals surface area contributed by atoms with Crippen LogP contribution in [0.2, 0.25) is 0 Å². The van der Waals surface area contributed by atoms with E-state index in [0.717, 1.165) is 27.3 Å². The molecule has 0 radical (unpaired) electrons. The van der Waals surface area contributed by atoms with Crippen LogP contribution in [0.25, 0.3) is 0 Å². The monoisotopic (exact) mass is 335 g/mol. The third-order valence-corrected chi connectivity index (χ3v) is 5.78. The zero-order chi connectivity index (χ0) is 12.3. The van der Waals surface area contributed by atoms with Gasteiger partial charge in [0.05, 0.1) is 10.5 Å². The van der Waals surface area contributed by atoms with Crippen LogP contribution in [-0.2, 0) is 4.74 Å². The lowest BCUT2D eigenvalue weighted by Gasteiger charge is -2.26. The molecule has 1 aliphatic heterocycles. The number of hydrogen-bond acceptors (Lipinski definition) is 4. The summed E-state index contributed by atoms with van der Waals surface area (Å²) < 4.78 is 6.50. The molecule has 1 saturated heterocycles. The molecular formula is C11H14BrNO2S2. The smallest absolute Gasteiger partial charge is 0.261 e. The molecule has 0 bridgehead atoms. The quantitative estimate of drug-likeness (QED) is 0.919. The summed E-state index contributed by atoms with van der Waals surface area (Å²) in [5.41, 5.74) is -0.172. The maximum absolute atomic E-state index is 11.9. The Kier molecular flexibility index (Phi) is 4.52. The van der Waals surface area contributed by atoms with Gasteiger partial charge >= 0.3 is 0 Å². The average molecular weight is 336 g/mol. The van der Waals surface area contributed by atoms with Crippen LogP contribution in [-0.4, -0.2) is 36.7 Å². The summed E-state index contributed by atoms with van der Waals surface area (Å²) in [6, 6.07) is 1.84. The number of amides is 1. The van der Waals surface area contributed by atoms with Crippen molar-refractivity contribution in [2.24, 2.45) is 0 Å². The Morgan fingerprint density at radius 2 is 2.53 bits per heavy atom. The van der Waals surface area contributed by atoms with E-state index in [1.165, 1.54) is 11.3 Å². The summed E-state index contributed by atoms with van der Waals surface area (Å²) in [6.07, 6.45) is 1.00. The molecule has 17 heavy (non-hydrogen) atoms. The Morgan fingerprint density at radius 1 is 1.71 bits per heavy atom. The van der Waals surface area contributed by atoms with Crippen LogP contribution in [0.3, 0.4) is 0 Å². The molecule has 0 spiro atoms. The third-order valence-electron chi connectivity index (χ3n) is 2.86. The summed E-state index contributed by atoms with van der Waals surface area (Å²) in [5, 5.41) is 4.87. The van der Waals surface area contributed by atoms with Gasteiger partial charge in [-0.25, -0.2) is 0 Å². The number of ether oxygens (including phenoxy) is 1. The van der Waals surface area contributed by atoms with Gasteiger partial charge in [-0.1, -0.05) is 0 Å². The van der Waals surface area contributed by atoms with Crippen molar-refractivity contribution in [1.82, 2.24) is 5.32 Å². The molecule has 0 saturated carbocycles. The normalized spacial score (nSPS) is 23.9. The first kappa shape index (κ1) is 13.4. The lowest BCUT2D eigenvalue weighted by Crippen LogP contribution is -2.44. The van der Waals surface area contributed by atoms with Crippen molar-refractivity contribution in [1.29, 1.82) is 0 Å². The first-order valence-corrected chi connectivity index (χ1v) is 8.13. The highest BCUT2D eigenvalue weighted by molar-refractivity contribution is 9.10. The highest BCUT2D eigenvalue weighted by Crippen LogP contribution is 2.30. The Labute approximate surface area is 117 Å². The Morgan fingerprint density at radius 3 is 3.06 bits per heavy atom. The van der Waals surface area contributed by atoms with Crippen molar-refractivity contribution in [3.63, 3.8) is 0 Å². The van der Waals surface area contributed by atoms with Crippen molar-refractivity contribution in [3.05, 3.63) is 20.8 Å². The van der Waals surface area contributed by atoms with Gasteiger partial charge in [0.15, 0.2) is 0 Å². The van der Waals surface area contributed by atoms with Crippen LogP contribution >= 0.6 is 39.0 Å². The molecule has 1 aromatic rings. The van der Waals surface area contributed by atoms with Gasteiger partial charge in [-0.3, -0.25) is 4.79 Å². The number of carbonyl (C=O) groups is 1. The van der Waals surface area contributed by atoms with Gasteiger partial charge in [0.2, 0.25) is 0 Å². The predicted molar refractivity (Wildman–Crippen MR) is 76.0 cm³/mol. The van der Waals surface area contributed by atoms with Gasteiger partial charge in [0.25, 0.3) is 5.91 Å². The van der Waals surface area contributed by atoms with E-state index in [9.17, 15) is 4.79 Å². The minimum Gasteiger partial charge on any atom is -0.376 e. The van der Waals surface area contributed by atoms with Crippen LogP contribution in [0.1, 0.15) is 16.1 Å². The predicted octanol–water partition coefficient (Wildman–Crippen LogP) is 2.76. The first-order valence-electron chi connectivity index (χ1n) is 5.30. The fraction of sp³-hybridized carbons (Fsp3) is 0.545. The van der Waals surface area contributed by atoms with Crippen LogP contribution in [0.4, 0.5) is 0 Å². The highest BCUT2D eigenvalue weighted by Gasteiger charge is 2.34. The molecular weight excluding hydrogens is 322 g/mol. The molecule has 1 aliphatic rings. The van der Waals surface area contributed by atoms with Crippen LogP contribution in [0.15, 0.2) is 15.9 Å².